The Bertz CT molecular complexity index is 1450. The fraction of sp³-hybridized carbons (Fsp3) is 0.649. The third-order valence-electron chi connectivity index (χ3n) is 8.49. The Morgan fingerprint density at radius 2 is 1.48 bits per heavy atom. The number of esters is 1. The molecule has 0 saturated carbocycles. The number of nitro benzene ring substituents is 1. The van der Waals surface area contributed by atoms with Gasteiger partial charge in [0.25, 0.3) is 5.69 Å². The summed E-state index contributed by atoms with van der Waals surface area (Å²) in [5.41, 5.74) is 0.632. The molecule has 0 spiro atoms. The van der Waals surface area contributed by atoms with Gasteiger partial charge in [0.05, 0.1) is 62.6 Å². The van der Waals surface area contributed by atoms with E-state index in [4.69, 9.17) is 23.7 Å². The van der Waals surface area contributed by atoms with Gasteiger partial charge in [0.1, 0.15) is 6.10 Å². The Balaban J connectivity index is 1.51. The van der Waals surface area contributed by atoms with Crippen LogP contribution < -0.4 is 25.4 Å². The Labute approximate surface area is 316 Å². The first-order valence-corrected chi connectivity index (χ1v) is 18.3. The van der Waals surface area contributed by atoms with E-state index in [0.29, 0.717) is 39.1 Å². The maximum absolute atomic E-state index is 12.5. The van der Waals surface area contributed by atoms with Crippen molar-refractivity contribution in [1.29, 1.82) is 0 Å². The Hall–Kier alpha value is -4.77. The quantitative estimate of drug-likeness (QED) is 0.0537. The zero-order chi connectivity index (χ0) is 40.2. The van der Waals surface area contributed by atoms with Gasteiger partial charge in [-0.15, -0.1) is 0 Å². The highest BCUT2D eigenvalue weighted by Crippen LogP contribution is 2.39. The molecule has 4 amide bonds. The van der Waals surface area contributed by atoms with Crippen LogP contribution in [-0.4, -0.2) is 106 Å². The second-order valence-corrected chi connectivity index (χ2v) is 13.4. The number of rotatable bonds is 26. The van der Waals surface area contributed by atoms with E-state index in [1.807, 2.05) is 13.8 Å². The predicted molar refractivity (Wildman–Crippen MR) is 197 cm³/mol. The van der Waals surface area contributed by atoms with Gasteiger partial charge in [0, 0.05) is 57.1 Å². The minimum atomic E-state index is -0.887. The predicted octanol–water partition coefficient (Wildman–Crippen LogP) is 3.20. The number of ether oxygens (including phenoxy) is 5. The molecule has 0 aromatic heterocycles. The maximum Gasteiger partial charge on any atom is 0.308 e. The van der Waals surface area contributed by atoms with Crippen LogP contribution in [0, 0.1) is 27.9 Å². The van der Waals surface area contributed by atoms with Crippen LogP contribution in [0.3, 0.4) is 0 Å². The standard InChI is InChI=1S/C37H57N5O12/c1-24(2)28-21-26(5)41(36(28)46)15-10-34(44)40-14-18-52-20-19-51-17-11-35(45)39-13-12-38-33(43)9-8-16-53-32-23-30(42(48)49)29(22-31(32)50-7)27(6)54-37(47)25(3)4/h22-25,27-28H,5,8-21H2,1-4,6-7H3,(H,38,43)(H,39,45)(H,40,44). The van der Waals surface area contributed by atoms with Gasteiger partial charge < -0.3 is 44.5 Å². The van der Waals surface area contributed by atoms with E-state index in [-0.39, 0.29) is 110 Å². The van der Waals surface area contributed by atoms with E-state index in [9.17, 15) is 34.1 Å². The van der Waals surface area contributed by atoms with Gasteiger partial charge in [-0.1, -0.05) is 34.3 Å². The van der Waals surface area contributed by atoms with Crippen molar-refractivity contribution in [3.05, 3.63) is 40.1 Å². The summed E-state index contributed by atoms with van der Waals surface area (Å²) in [6.07, 6.45) is 0.507. The molecule has 2 atom stereocenters. The molecular weight excluding hydrogens is 706 g/mol. The van der Waals surface area contributed by atoms with Crippen molar-refractivity contribution in [1.82, 2.24) is 20.9 Å². The van der Waals surface area contributed by atoms with Crippen molar-refractivity contribution in [3.63, 3.8) is 0 Å². The number of nitro groups is 1. The number of carbonyl (C=O) groups excluding carboxylic acids is 5. The lowest BCUT2D eigenvalue weighted by molar-refractivity contribution is -0.386. The monoisotopic (exact) mass is 763 g/mol. The molecule has 17 heteroatoms. The third kappa shape index (κ3) is 15.7. The first-order chi connectivity index (χ1) is 25.7. The molecule has 3 N–H and O–H groups in total. The van der Waals surface area contributed by atoms with Gasteiger partial charge in [0.2, 0.25) is 23.6 Å². The lowest BCUT2D eigenvalue weighted by Gasteiger charge is -2.18. The number of hydrogen-bond donors (Lipinski definition) is 3. The molecule has 54 heavy (non-hydrogen) atoms. The molecule has 1 saturated heterocycles. The van der Waals surface area contributed by atoms with Crippen LogP contribution in [0.2, 0.25) is 0 Å². The van der Waals surface area contributed by atoms with Gasteiger partial charge in [-0.2, -0.15) is 0 Å². The molecule has 1 fully saturated rings. The van der Waals surface area contributed by atoms with E-state index in [1.165, 1.54) is 26.2 Å². The highest BCUT2D eigenvalue weighted by atomic mass is 16.6. The SMILES string of the molecule is C=C1CC(C(C)C)C(=O)N1CCC(=O)NCCOCCOCCC(=O)NCCNC(=O)CCCOc1cc([N+](=O)[O-])c(C(C)OC(=O)C(C)C)cc1OC. The fourth-order valence-electron chi connectivity index (χ4n) is 5.34. The highest BCUT2D eigenvalue weighted by Gasteiger charge is 2.36. The van der Waals surface area contributed by atoms with Gasteiger partial charge in [-0.3, -0.25) is 34.1 Å². The molecule has 302 valence electrons. The van der Waals surface area contributed by atoms with Crippen molar-refractivity contribution in [2.45, 2.75) is 72.8 Å². The molecule has 1 aliphatic heterocycles. The smallest absolute Gasteiger partial charge is 0.308 e. The van der Waals surface area contributed by atoms with Gasteiger partial charge in [0.15, 0.2) is 11.5 Å². The largest absolute Gasteiger partial charge is 0.493 e. The van der Waals surface area contributed by atoms with Crippen LogP contribution in [0.5, 0.6) is 11.5 Å². The molecule has 0 bridgehead atoms. The van der Waals surface area contributed by atoms with E-state index < -0.39 is 22.9 Å². The zero-order valence-corrected chi connectivity index (χ0v) is 32.4. The number of likely N-dealkylation sites (tertiary alicyclic amines) is 1. The topological polar surface area (TPSA) is 214 Å². The van der Waals surface area contributed by atoms with Crippen LogP contribution in [0.15, 0.2) is 24.4 Å². The van der Waals surface area contributed by atoms with Crippen molar-refractivity contribution in [2.75, 3.05) is 66.3 Å². The van der Waals surface area contributed by atoms with Crippen LogP contribution in [0.25, 0.3) is 0 Å². The Morgan fingerprint density at radius 1 is 0.870 bits per heavy atom. The molecule has 1 aromatic rings. The highest BCUT2D eigenvalue weighted by molar-refractivity contribution is 5.85. The third-order valence-corrected chi connectivity index (χ3v) is 8.49. The maximum atomic E-state index is 12.5. The average molecular weight is 764 g/mol. The van der Waals surface area contributed by atoms with Gasteiger partial charge in [-0.25, -0.2) is 0 Å². The van der Waals surface area contributed by atoms with Gasteiger partial charge in [-0.05, 0) is 31.7 Å². The van der Waals surface area contributed by atoms with Crippen molar-refractivity contribution in [2.24, 2.45) is 17.8 Å². The number of allylic oxidation sites excluding steroid dienone is 1. The summed E-state index contributed by atoms with van der Waals surface area (Å²) in [7, 11) is 1.38. The fourth-order valence-corrected chi connectivity index (χ4v) is 5.34. The van der Waals surface area contributed by atoms with E-state index >= 15 is 0 Å². The minimum Gasteiger partial charge on any atom is -0.493 e. The Kier molecular flexibility index (Phi) is 20.0. The summed E-state index contributed by atoms with van der Waals surface area (Å²) in [6, 6.07) is 2.62. The summed E-state index contributed by atoms with van der Waals surface area (Å²) in [6.45, 7) is 15.1. The van der Waals surface area contributed by atoms with Crippen LogP contribution in [0.1, 0.15) is 78.4 Å². The second kappa shape index (κ2) is 23.8. The molecule has 2 unspecified atom stereocenters. The first-order valence-electron chi connectivity index (χ1n) is 18.3. The molecule has 17 nitrogen and oxygen atoms in total. The minimum absolute atomic E-state index is 0.0330. The number of carbonyl (C=O) groups is 5. The molecule has 0 radical (unpaired) electrons. The average Bonchev–Trinajstić information content (AvgIpc) is 3.41. The summed E-state index contributed by atoms with van der Waals surface area (Å²) in [5.74, 6) is -1.02. The molecule has 2 rings (SSSR count). The summed E-state index contributed by atoms with van der Waals surface area (Å²) in [5, 5.41) is 19.9. The number of methoxy groups -OCH3 is 1. The van der Waals surface area contributed by atoms with Crippen molar-refractivity contribution >= 4 is 35.3 Å². The molecule has 1 heterocycles. The first kappa shape index (κ1) is 45.4. The molecule has 1 aromatic carbocycles. The summed E-state index contributed by atoms with van der Waals surface area (Å²) < 4.78 is 27.2. The van der Waals surface area contributed by atoms with Crippen molar-refractivity contribution in [3.8, 4) is 11.5 Å². The second-order valence-electron chi connectivity index (χ2n) is 13.4. The molecular formula is C37H57N5O12. The lowest BCUT2D eigenvalue weighted by Crippen LogP contribution is -2.35. The Morgan fingerprint density at radius 3 is 2.07 bits per heavy atom. The van der Waals surface area contributed by atoms with E-state index in [1.54, 1.807) is 18.7 Å². The van der Waals surface area contributed by atoms with E-state index in [0.717, 1.165) is 5.70 Å². The molecule has 0 aliphatic carbocycles. The van der Waals surface area contributed by atoms with Crippen LogP contribution in [0.4, 0.5) is 5.69 Å². The molecule has 1 aliphatic rings. The van der Waals surface area contributed by atoms with Crippen LogP contribution >= 0.6 is 0 Å². The number of nitrogens with zero attached hydrogens (tertiary/aromatic N) is 2. The summed E-state index contributed by atoms with van der Waals surface area (Å²) in [4.78, 5) is 73.7. The summed E-state index contributed by atoms with van der Waals surface area (Å²) >= 11 is 0. The lowest BCUT2D eigenvalue weighted by atomic mass is 9.94. The normalized spacial score (nSPS) is 14.6. The number of nitrogens with one attached hydrogen (secondary N) is 3. The number of amides is 4. The number of benzene rings is 1. The van der Waals surface area contributed by atoms with E-state index in [2.05, 4.69) is 22.5 Å². The van der Waals surface area contributed by atoms with Gasteiger partial charge >= 0.3 is 5.97 Å². The van der Waals surface area contributed by atoms with Crippen LogP contribution in [-0.2, 0) is 38.2 Å². The number of hydrogen-bond acceptors (Lipinski definition) is 12. The zero-order valence-electron chi connectivity index (χ0n) is 32.4. The van der Waals surface area contributed by atoms with Crippen molar-refractivity contribution < 1.29 is 52.6 Å².